The average Bonchev–Trinajstić information content (AvgIpc) is 2.85. The van der Waals surface area contributed by atoms with Crippen molar-refractivity contribution in [2.75, 3.05) is 11.5 Å². The summed E-state index contributed by atoms with van der Waals surface area (Å²) in [6.45, 7) is 0.840. The zero-order valence-electron chi connectivity index (χ0n) is 10.2. The summed E-state index contributed by atoms with van der Waals surface area (Å²) in [6.07, 6.45) is 3.24. The normalized spacial score (nSPS) is 10.9. The van der Waals surface area contributed by atoms with Crippen molar-refractivity contribution >= 4 is 28.7 Å². The molecule has 0 atom stereocenters. The molecule has 6 heteroatoms. The van der Waals surface area contributed by atoms with Crippen LogP contribution in [0.2, 0.25) is 0 Å². The van der Waals surface area contributed by atoms with Crippen molar-refractivity contribution in [3.05, 3.63) is 43.0 Å². The van der Waals surface area contributed by atoms with Crippen LogP contribution in [0.15, 0.2) is 47.9 Å². The van der Waals surface area contributed by atoms with Gasteiger partial charge in [0, 0.05) is 17.2 Å². The molecule has 3 aromatic rings. The first kappa shape index (κ1) is 12.0. The van der Waals surface area contributed by atoms with Gasteiger partial charge in [0.25, 0.3) is 0 Å². The van der Waals surface area contributed by atoms with E-state index in [1.165, 1.54) is 11.2 Å². The zero-order chi connectivity index (χ0) is 13.1. The van der Waals surface area contributed by atoms with Crippen LogP contribution in [-0.4, -0.2) is 25.3 Å². The number of nitrogen functional groups attached to an aromatic ring is 1. The fourth-order valence-corrected chi connectivity index (χ4v) is 2.71. The van der Waals surface area contributed by atoms with E-state index in [2.05, 4.69) is 27.1 Å². The van der Waals surface area contributed by atoms with Gasteiger partial charge in [-0.25, -0.2) is 15.0 Å². The van der Waals surface area contributed by atoms with Crippen LogP contribution in [0.5, 0.6) is 0 Å². The van der Waals surface area contributed by atoms with Crippen molar-refractivity contribution in [2.45, 2.75) is 11.4 Å². The highest BCUT2D eigenvalue weighted by Gasteiger charge is 2.07. The van der Waals surface area contributed by atoms with E-state index in [4.69, 9.17) is 5.73 Å². The van der Waals surface area contributed by atoms with Crippen LogP contribution >= 0.6 is 11.8 Å². The Hall–Kier alpha value is -2.08. The summed E-state index contributed by atoms with van der Waals surface area (Å²) in [5, 5.41) is 0. The summed E-state index contributed by atoms with van der Waals surface area (Å²) >= 11 is 1.81. The molecule has 0 radical (unpaired) electrons. The van der Waals surface area contributed by atoms with Crippen molar-refractivity contribution in [2.24, 2.45) is 0 Å². The fraction of sp³-hybridized carbons (Fsp3) is 0.154. The first-order chi connectivity index (χ1) is 9.34. The number of hydrogen-bond donors (Lipinski definition) is 1. The second-order valence-electron chi connectivity index (χ2n) is 4.03. The third kappa shape index (κ3) is 2.53. The number of aromatic nitrogens is 4. The Kier molecular flexibility index (Phi) is 3.33. The van der Waals surface area contributed by atoms with Gasteiger partial charge >= 0.3 is 0 Å². The van der Waals surface area contributed by atoms with Crippen LogP contribution in [0.4, 0.5) is 5.82 Å². The first-order valence-electron chi connectivity index (χ1n) is 5.94. The van der Waals surface area contributed by atoms with Gasteiger partial charge in [0.1, 0.15) is 11.8 Å². The molecule has 96 valence electrons. The lowest BCUT2D eigenvalue weighted by Gasteiger charge is -2.03. The monoisotopic (exact) mass is 271 g/mol. The topological polar surface area (TPSA) is 69.6 Å². The third-order valence-electron chi connectivity index (χ3n) is 2.77. The average molecular weight is 271 g/mol. The van der Waals surface area contributed by atoms with E-state index in [1.807, 2.05) is 34.5 Å². The number of aryl methyl sites for hydroxylation is 1. The van der Waals surface area contributed by atoms with Gasteiger partial charge in [0.15, 0.2) is 11.5 Å². The van der Waals surface area contributed by atoms with Gasteiger partial charge in [0.05, 0.1) is 6.33 Å². The quantitative estimate of drug-likeness (QED) is 0.737. The summed E-state index contributed by atoms with van der Waals surface area (Å²) in [6, 6.07) is 10.3. The Morgan fingerprint density at radius 1 is 1.11 bits per heavy atom. The number of nitrogens with zero attached hydrogens (tertiary/aromatic N) is 4. The minimum Gasteiger partial charge on any atom is -0.382 e. The minimum atomic E-state index is 0.430. The van der Waals surface area contributed by atoms with E-state index < -0.39 is 0 Å². The number of hydrogen-bond acceptors (Lipinski definition) is 5. The van der Waals surface area contributed by atoms with Crippen molar-refractivity contribution in [3.63, 3.8) is 0 Å². The molecule has 0 aliphatic rings. The predicted octanol–water partition coefficient (Wildman–Crippen LogP) is 2.20. The summed E-state index contributed by atoms with van der Waals surface area (Å²) in [5.41, 5.74) is 7.22. The molecule has 2 heterocycles. The lowest BCUT2D eigenvalue weighted by atomic mass is 10.4. The zero-order valence-corrected chi connectivity index (χ0v) is 11.0. The van der Waals surface area contributed by atoms with Gasteiger partial charge in [0.2, 0.25) is 0 Å². The van der Waals surface area contributed by atoms with Crippen molar-refractivity contribution in [3.8, 4) is 0 Å². The van der Waals surface area contributed by atoms with E-state index in [1.54, 1.807) is 6.33 Å². The summed E-state index contributed by atoms with van der Waals surface area (Å²) in [4.78, 5) is 13.7. The fourth-order valence-electron chi connectivity index (χ4n) is 1.84. The van der Waals surface area contributed by atoms with Gasteiger partial charge in [-0.05, 0) is 12.1 Å². The van der Waals surface area contributed by atoms with E-state index in [-0.39, 0.29) is 0 Å². The van der Waals surface area contributed by atoms with Gasteiger partial charge < -0.3 is 10.3 Å². The highest BCUT2D eigenvalue weighted by Crippen LogP contribution is 2.19. The molecule has 0 spiro atoms. The second kappa shape index (κ2) is 5.27. The molecular formula is C13H13N5S. The molecule has 0 fully saturated rings. The Balaban J connectivity index is 1.71. The molecule has 0 unspecified atom stereocenters. The number of thioether (sulfide) groups is 1. The molecule has 0 saturated carbocycles. The molecule has 2 aromatic heterocycles. The van der Waals surface area contributed by atoms with Crippen LogP contribution in [0.1, 0.15) is 0 Å². The molecule has 2 N–H and O–H groups in total. The number of fused-ring (bicyclic) bond motifs is 1. The molecule has 19 heavy (non-hydrogen) atoms. The SMILES string of the molecule is Nc1ncnc2c1ncn2CCSc1ccccc1. The Morgan fingerprint density at radius 2 is 1.95 bits per heavy atom. The molecule has 0 aliphatic heterocycles. The van der Waals surface area contributed by atoms with E-state index >= 15 is 0 Å². The standard InChI is InChI=1S/C13H13N5S/c14-12-11-13(16-8-15-12)18(9-17-11)6-7-19-10-4-2-1-3-5-10/h1-5,8-9H,6-7H2,(H2,14,15,16). The summed E-state index contributed by atoms with van der Waals surface area (Å²) in [7, 11) is 0. The van der Waals surface area contributed by atoms with E-state index in [9.17, 15) is 0 Å². The third-order valence-corrected chi connectivity index (χ3v) is 3.77. The number of rotatable bonds is 4. The van der Waals surface area contributed by atoms with E-state index in [0.717, 1.165) is 17.9 Å². The summed E-state index contributed by atoms with van der Waals surface area (Å²) in [5.74, 6) is 1.39. The highest BCUT2D eigenvalue weighted by atomic mass is 32.2. The number of benzene rings is 1. The first-order valence-corrected chi connectivity index (χ1v) is 6.92. The highest BCUT2D eigenvalue weighted by molar-refractivity contribution is 7.99. The molecule has 3 rings (SSSR count). The van der Waals surface area contributed by atoms with Crippen LogP contribution in [-0.2, 0) is 6.54 Å². The maximum atomic E-state index is 5.76. The van der Waals surface area contributed by atoms with E-state index in [0.29, 0.717) is 11.3 Å². The number of nitrogens with two attached hydrogens (primary N) is 1. The predicted molar refractivity (Wildman–Crippen MR) is 76.9 cm³/mol. The Labute approximate surface area is 114 Å². The van der Waals surface area contributed by atoms with Crippen molar-refractivity contribution in [1.82, 2.24) is 19.5 Å². The van der Waals surface area contributed by atoms with Crippen LogP contribution < -0.4 is 5.73 Å². The van der Waals surface area contributed by atoms with Crippen molar-refractivity contribution in [1.29, 1.82) is 0 Å². The van der Waals surface area contributed by atoms with Gasteiger partial charge in [-0.15, -0.1) is 11.8 Å². The van der Waals surface area contributed by atoms with Crippen LogP contribution in [0, 0.1) is 0 Å². The van der Waals surface area contributed by atoms with Crippen LogP contribution in [0.25, 0.3) is 11.2 Å². The smallest absolute Gasteiger partial charge is 0.165 e. The Morgan fingerprint density at radius 3 is 2.79 bits per heavy atom. The maximum Gasteiger partial charge on any atom is 0.165 e. The lowest BCUT2D eigenvalue weighted by Crippen LogP contribution is -2.01. The minimum absolute atomic E-state index is 0.430. The molecule has 0 aliphatic carbocycles. The molecule has 0 bridgehead atoms. The molecular weight excluding hydrogens is 258 g/mol. The van der Waals surface area contributed by atoms with Crippen molar-refractivity contribution < 1.29 is 0 Å². The molecule has 0 amide bonds. The Bertz CT molecular complexity index is 680. The number of imidazole rings is 1. The lowest BCUT2D eigenvalue weighted by molar-refractivity contribution is 0.786. The largest absolute Gasteiger partial charge is 0.382 e. The van der Waals surface area contributed by atoms with Gasteiger partial charge in [-0.1, -0.05) is 18.2 Å². The molecule has 5 nitrogen and oxygen atoms in total. The molecule has 1 aromatic carbocycles. The van der Waals surface area contributed by atoms with Crippen LogP contribution in [0.3, 0.4) is 0 Å². The number of anilines is 1. The van der Waals surface area contributed by atoms with Gasteiger partial charge in [-0.2, -0.15) is 0 Å². The maximum absolute atomic E-state index is 5.76. The summed E-state index contributed by atoms with van der Waals surface area (Å²) < 4.78 is 2.00. The second-order valence-corrected chi connectivity index (χ2v) is 5.20. The van der Waals surface area contributed by atoms with Gasteiger partial charge in [-0.3, -0.25) is 0 Å². The molecule has 0 saturated heterocycles.